The summed E-state index contributed by atoms with van der Waals surface area (Å²) in [6.07, 6.45) is -0.929. The molecule has 0 bridgehead atoms. The van der Waals surface area contributed by atoms with Crippen molar-refractivity contribution in [1.29, 1.82) is 0 Å². The summed E-state index contributed by atoms with van der Waals surface area (Å²) in [7, 11) is 1.22. The minimum absolute atomic E-state index is 0. The third-order valence-electron chi connectivity index (χ3n) is 1.84. The van der Waals surface area contributed by atoms with Crippen molar-refractivity contribution in [2.45, 2.75) is 6.32 Å². The summed E-state index contributed by atoms with van der Waals surface area (Å²) in [6, 6.07) is 5.20. The van der Waals surface area contributed by atoms with Crippen LogP contribution in [0.5, 0.6) is 0 Å². The summed E-state index contributed by atoms with van der Waals surface area (Å²) < 4.78 is 40.5. The van der Waals surface area contributed by atoms with E-state index in [9.17, 15) is 17.7 Å². The topological polar surface area (TPSA) is 26.3 Å². The Morgan fingerprint density at radius 2 is 1.75 bits per heavy atom. The smallest absolute Gasteiger partial charge is 0.465 e. The van der Waals surface area contributed by atoms with Gasteiger partial charge in [-0.25, -0.2) is 4.79 Å². The molecule has 0 saturated heterocycles. The number of benzene rings is 1. The number of rotatable bonds is 3. The quantitative estimate of drug-likeness (QED) is 0.533. The third-order valence-corrected chi connectivity index (χ3v) is 1.84. The first-order valence-electron chi connectivity index (χ1n) is 4.30. The molecule has 0 fully saturated rings. The van der Waals surface area contributed by atoms with Crippen molar-refractivity contribution >= 4 is 12.9 Å². The van der Waals surface area contributed by atoms with E-state index in [4.69, 9.17) is 0 Å². The largest absolute Gasteiger partial charge is 1.00 e. The monoisotopic (exact) mass is 256 g/mol. The molecular weight excluding hydrogens is 247 g/mol. The number of esters is 1. The van der Waals surface area contributed by atoms with E-state index in [1.54, 1.807) is 0 Å². The maximum atomic E-state index is 12.0. The van der Waals surface area contributed by atoms with Crippen molar-refractivity contribution in [2.75, 3.05) is 7.11 Å². The minimum atomic E-state index is -4.83. The molecule has 16 heavy (non-hydrogen) atoms. The molecule has 0 amide bonds. The number of hydrogen-bond acceptors (Lipinski definition) is 2. The van der Waals surface area contributed by atoms with Crippen molar-refractivity contribution in [2.24, 2.45) is 0 Å². The van der Waals surface area contributed by atoms with Crippen LogP contribution in [0.4, 0.5) is 12.9 Å². The van der Waals surface area contributed by atoms with E-state index in [0.29, 0.717) is 0 Å². The number of hydrogen-bond donors (Lipinski definition) is 0. The molecule has 7 heteroatoms. The normalized spacial score (nSPS) is 10.5. The van der Waals surface area contributed by atoms with Gasteiger partial charge in [0.1, 0.15) is 0 Å². The Morgan fingerprint density at radius 3 is 2.12 bits per heavy atom. The molecule has 2 nitrogen and oxygen atoms in total. The molecule has 0 aliphatic carbocycles. The Morgan fingerprint density at radius 1 is 1.25 bits per heavy atom. The van der Waals surface area contributed by atoms with E-state index in [2.05, 4.69) is 4.74 Å². The van der Waals surface area contributed by atoms with E-state index in [1.165, 1.54) is 31.4 Å². The van der Waals surface area contributed by atoms with E-state index in [-0.39, 0.29) is 62.5 Å². The zero-order chi connectivity index (χ0) is 11.5. The predicted molar refractivity (Wildman–Crippen MR) is 50.6 cm³/mol. The van der Waals surface area contributed by atoms with Gasteiger partial charge < -0.3 is 17.7 Å². The zero-order valence-electron chi connectivity index (χ0n) is 9.04. The number of carbonyl (C=O) groups is 1. The van der Waals surface area contributed by atoms with Crippen LogP contribution in [0.3, 0.4) is 0 Å². The molecule has 0 spiro atoms. The van der Waals surface area contributed by atoms with Crippen LogP contribution in [-0.2, 0) is 11.1 Å². The summed E-state index contributed by atoms with van der Waals surface area (Å²) in [5.74, 6) is -0.556. The first-order valence-corrected chi connectivity index (χ1v) is 4.30. The molecule has 0 unspecified atom stereocenters. The maximum Gasteiger partial charge on any atom is 1.00 e. The molecule has 0 radical (unpaired) electrons. The molecule has 0 aliphatic heterocycles. The van der Waals surface area contributed by atoms with Crippen molar-refractivity contribution in [3.63, 3.8) is 0 Å². The standard InChI is InChI=1S/C9H9BF3O2.K/c1-15-9(14)8-4-2-7(3-5-8)6-10(11,12)13;/h2-5H,6H2,1H3;/q-1;+1. The molecule has 1 rings (SSSR count). The fraction of sp³-hybridized carbons (Fsp3) is 0.222. The second-order valence-corrected chi connectivity index (χ2v) is 3.10. The van der Waals surface area contributed by atoms with Gasteiger partial charge in [-0.1, -0.05) is 24.0 Å². The summed E-state index contributed by atoms with van der Waals surface area (Å²) in [5.41, 5.74) is 0.395. The minimum Gasteiger partial charge on any atom is -0.465 e. The van der Waals surface area contributed by atoms with Crippen LogP contribution in [0.25, 0.3) is 0 Å². The number of methoxy groups -OCH3 is 1. The van der Waals surface area contributed by atoms with E-state index in [0.717, 1.165) is 0 Å². The molecule has 0 aromatic heterocycles. The third kappa shape index (κ3) is 5.49. The van der Waals surface area contributed by atoms with Crippen LogP contribution in [-0.4, -0.2) is 20.1 Å². The van der Waals surface area contributed by atoms with Crippen molar-refractivity contribution in [3.8, 4) is 0 Å². The van der Waals surface area contributed by atoms with Gasteiger partial charge in [0.15, 0.2) is 0 Å². The van der Waals surface area contributed by atoms with Gasteiger partial charge in [-0.05, 0) is 12.1 Å². The summed E-state index contributed by atoms with van der Waals surface area (Å²) in [4.78, 5) is 11.0. The van der Waals surface area contributed by atoms with Gasteiger partial charge in [0.25, 0.3) is 0 Å². The Bertz CT molecular complexity index is 351. The Kier molecular flexibility index (Phi) is 6.88. The van der Waals surface area contributed by atoms with Gasteiger partial charge in [-0.3, -0.25) is 0 Å². The van der Waals surface area contributed by atoms with Gasteiger partial charge in [-0.2, -0.15) is 0 Å². The van der Waals surface area contributed by atoms with Crippen LogP contribution in [0, 0.1) is 0 Å². The van der Waals surface area contributed by atoms with E-state index < -0.39 is 19.3 Å². The van der Waals surface area contributed by atoms with Crippen LogP contribution in [0.1, 0.15) is 15.9 Å². The number of halogens is 3. The van der Waals surface area contributed by atoms with Crippen LogP contribution >= 0.6 is 0 Å². The van der Waals surface area contributed by atoms with E-state index in [1.807, 2.05) is 0 Å². The van der Waals surface area contributed by atoms with E-state index >= 15 is 0 Å². The summed E-state index contributed by atoms with van der Waals surface area (Å²) in [6.45, 7) is -4.83. The molecule has 0 aliphatic rings. The van der Waals surface area contributed by atoms with Gasteiger partial charge in [0.2, 0.25) is 0 Å². The predicted octanol–water partition coefficient (Wildman–Crippen LogP) is -0.594. The van der Waals surface area contributed by atoms with Crippen molar-refractivity contribution in [3.05, 3.63) is 35.4 Å². The molecule has 1 aromatic rings. The zero-order valence-corrected chi connectivity index (χ0v) is 12.2. The van der Waals surface area contributed by atoms with Crippen molar-refractivity contribution < 1.29 is 73.9 Å². The van der Waals surface area contributed by atoms with Gasteiger partial charge in [-0.15, -0.1) is 0 Å². The van der Waals surface area contributed by atoms with Crippen LogP contribution < -0.4 is 51.4 Å². The molecular formula is C9H9BF3KO2. The number of carbonyl (C=O) groups excluding carboxylic acids is 1. The molecule has 0 atom stereocenters. The maximum absolute atomic E-state index is 12.0. The van der Waals surface area contributed by atoms with Crippen molar-refractivity contribution in [1.82, 2.24) is 0 Å². The summed E-state index contributed by atoms with van der Waals surface area (Å²) in [5, 5.41) is 0. The Balaban J connectivity index is 0.00000225. The van der Waals surface area contributed by atoms with Gasteiger partial charge >= 0.3 is 64.3 Å². The fourth-order valence-corrected chi connectivity index (χ4v) is 1.16. The second-order valence-electron chi connectivity index (χ2n) is 3.10. The molecule has 1 aromatic carbocycles. The molecule has 0 N–H and O–H groups in total. The van der Waals surface area contributed by atoms with Gasteiger partial charge in [0, 0.05) is 0 Å². The average molecular weight is 256 g/mol. The Labute approximate surface area is 134 Å². The SMILES string of the molecule is COC(=O)c1ccc(C[B-](F)(F)F)cc1.[K+]. The van der Waals surface area contributed by atoms with Gasteiger partial charge in [0.05, 0.1) is 12.7 Å². The number of ether oxygens (including phenoxy) is 1. The van der Waals surface area contributed by atoms with Crippen LogP contribution in [0.15, 0.2) is 24.3 Å². The molecule has 82 valence electrons. The first-order chi connectivity index (χ1) is 6.92. The fourth-order valence-electron chi connectivity index (χ4n) is 1.16. The first kappa shape index (κ1) is 16.2. The van der Waals surface area contributed by atoms with Crippen LogP contribution in [0.2, 0.25) is 0 Å². The average Bonchev–Trinajstić information content (AvgIpc) is 2.15. The molecule has 0 heterocycles. The second kappa shape index (κ2) is 6.81. The summed E-state index contributed by atoms with van der Waals surface area (Å²) >= 11 is 0. The molecule has 0 saturated carbocycles. The Hall–Kier alpha value is 0.181.